The molecule has 6 atom stereocenters. The first-order valence-corrected chi connectivity index (χ1v) is 12.8. The van der Waals surface area contributed by atoms with Crippen LogP contribution < -0.4 is 0 Å². The molecule has 5 rings (SSSR count). The van der Waals surface area contributed by atoms with E-state index in [4.69, 9.17) is 4.74 Å². The van der Waals surface area contributed by atoms with Crippen LogP contribution >= 0.6 is 13.5 Å². The van der Waals surface area contributed by atoms with E-state index in [0.29, 0.717) is 24.0 Å². The summed E-state index contributed by atoms with van der Waals surface area (Å²) < 4.78 is 6.17. The van der Waals surface area contributed by atoms with Crippen LogP contribution in [-0.4, -0.2) is 17.9 Å². The molecule has 0 aromatic heterocycles. The standard InChI is InChI=1S/C27H40O3.H2S/c1-26-15-13-20(28)17-19(26)8-9-21-22-10-11-24(27(22,2)16-14-23(21)26)30-25(29)12-7-18-5-3-4-6-18;/h17-18,21-24H,3-16H2,1-2H3;1H2/t21-,22-,23-,24-,26-,27-;/m0./s1. The number of hydrogen-bond acceptors (Lipinski definition) is 3. The third-order valence-electron chi connectivity index (χ3n) is 10.4. The van der Waals surface area contributed by atoms with Gasteiger partial charge in [0.05, 0.1) is 0 Å². The zero-order chi connectivity index (χ0) is 20.9. The van der Waals surface area contributed by atoms with Crippen molar-refractivity contribution in [1.82, 2.24) is 0 Å². The summed E-state index contributed by atoms with van der Waals surface area (Å²) in [5, 5.41) is 0. The van der Waals surface area contributed by atoms with Crippen LogP contribution in [0.3, 0.4) is 0 Å². The van der Waals surface area contributed by atoms with Gasteiger partial charge in [-0.05, 0) is 86.5 Å². The van der Waals surface area contributed by atoms with Gasteiger partial charge in [-0.25, -0.2) is 0 Å². The average Bonchev–Trinajstić information content (AvgIpc) is 3.35. The summed E-state index contributed by atoms with van der Waals surface area (Å²) in [5.74, 6) is 3.28. The van der Waals surface area contributed by atoms with Gasteiger partial charge in [0, 0.05) is 18.3 Å². The normalized spacial score (nSPS) is 42.1. The molecule has 174 valence electrons. The lowest BCUT2D eigenvalue weighted by Gasteiger charge is -2.57. The fourth-order valence-corrected chi connectivity index (χ4v) is 8.54. The zero-order valence-corrected chi connectivity index (χ0v) is 20.6. The summed E-state index contributed by atoms with van der Waals surface area (Å²) in [5.41, 5.74) is 1.83. The van der Waals surface area contributed by atoms with Gasteiger partial charge in [0.1, 0.15) is 6.10 Å². The molecule has 0 aromatic carbocycles. The summed E-state index contributed by atoms with van der Waals surface area (Å²) in [6, 6.07) is 0. The number of carbonyl (C=O) groups excluding carboxylic acids is 2. The molecule has 0 heterocycles. The molecule has 0 bridgehead atoms. The summed E-state index contributed by atoms with van der Waals surface area (Å²) >= 11 is 0. The average molecular weight is 447 g/mol. The van der Waals surface area contributed by atoms with Gasteiger partial charge in [0.15, 0.2) is 5.78 Å². The Kier molecular flexibility index (Phi) is 6.70. The maximum Gasteiger partial charge on any atom is 0.306 e. The predicted molar refractivity (Wildman–Crippen MR) is 128 cm³/mol. The number of ketones is 1. The highest BCUT2D eigenvalue weighted by Crippen LogP contribution is 2.65. The van der Waals surface area contributed by atoms with Gasteiger partial charge in [-0.1, -0.05) is 45.1 Å². The van der Waals surface area contributed by atoms with Crippen molar-refractivity contribution in [1.29, 1.82) is 0 Å². The minimum Gasteiger partial charge on any atom is -0.462 e. The molecule has 0 radical (unpaired) electrons. The predicted octanol–water partition coefficient (Wildman–Crippen LogP) is 6.51. The van der Waals surface area contributed by atoms with Gasteiger partial charge in [0.2, 0.25) is 0 Å². The summed E-state index contributed by atoms with van der Waals surface area (Å²) in [4.78, 5) is 24.7. The van der Waals surface area contributed by atoms with Crippen molar-refractivity contribution < 1.29 is 14.3 Å². The Labute approximate surface area is 195 Å². The molecule has 0 aromatic rings. The second-order valence-electron chi connectivity index (χ2n) is 11.8. The fraction of sp³-hybridized carbons (Fsp3) is 0.852. The van der Waals surface area contributed by atoms with Crippen molar-refractivity contribution in [3.63, 3.8) is 0 Å². The highest BCUT2D eigenvalue weighted by molar-refractivity contribution is 7.59. The monoisotopic (exact) mass is 446 g/mol. The number of fused-ring (bicyclic) bond motifs is 5. The Balaban J connectivity index is 0.00000231. The first-order valence-electron chi connectivity index (χ1n) is 12.8. The van der Waals surface area contributed by atoms with Crippen LogP contribution in [0.25, 0.3) is 0 Å². The van der Waals surface area contributed by atoms with Gasteiger partial charge in [-0.3, -0.25) is 9.59 Å². The van der Waals surface area contributed by atoms with E-state index in [-0.39, 0.29) is 36.4 Å². The maximum absolute atomic E-state index is 12.7. The van der Waals surface area contributed by atoms with Crippen LogP contribution in [0.15, 0.2) is 11.6 Å². The van der Waals surface area contributed by atoms with Gasteiger partial charge in [-0.2, -0.15) is 13.5 Å². The van der Waals surface area contributed by atoms with Crippen LogP contribution in [0.5, 0.6) is 0 Å². The van der Waals surface area contributed by atoms with Gasteiger partial charge in [0.25, 0.3) is 0 Å². The fourth-order valence-electron chi connectivity index (χ4n) is 8.54. The van der Waals surface area contributed by atoms with E-state index in [1.807, 2.05) is 6.08 Å². The number of carbonyl (C=O) groups is 2. The zero-order valence-electron chi connectivity index (χ0n) is 19.6. The highest BCUT2D eigenvalue weighted by atomic mass is 32.1. The van der Waals surface area contributed by atoms with Crippen molar-refractivity contribution in [2.45, 2.75) is 110 Å². The summed E-state index contributed by atoms with van der Waals surface area (Å²) in [6.07, 6.45) is 17.8. The first-order chi connectivity index (χ1) is 14.4. The maximum atomic E-state index is 12.7. The molecule has 0 spiro atoms. The molecule has 0 aliphatic heterocycles. The van der Waals surface area contributed by atoms with E-state index in [9.17, 15) is 9.59 Å². The van der Waals surface area contributed by atoms with E-state index >= 15 is 0 Å². The number of allylic oxidation sites excluding steroid dienone is 1. The molecule has 0 unspecified atom stereocenters. The van der Waals surface area contributed by atoms with Crippen molar-refractivity contribution >= 4 is 25.2 Å². The minimum absolute atomic E-state index is 0. The second-order valence-corrected chi connectivity index (χ2v) is 11.8. The van der Waals surface area contributed by atoms with Gasteiger partial charge in [-0.15, -0.1) is 0 Å². The molecule has 0 amide bonds. The lowest BCUT2D eigenvalue weighted by atomic mass is 9.47. The molecule has 5 aliphatic carbocycles. The van der Waals surface area contributed by atoms with Crippen molar-refractivity contribution in [2.24, 2.45) is 34.5 Å². The molecule has 3 nitrogen and oxygen atoms in total. The minimum atomic E-state index is 0. The van der Waals surface area contributed by atoms with E-state index in [0.717, 1.165) is 43.9 Å². The van der Waals surface area contributed by atoms with E-state index < -0.39 is 0 Å². The molecule has 4 fully saturated rings. The van der Waals surface area contributed by atoms with Crippen LogP contribution in [-0.2, 0) is 14.3 Å². The quantitative estimate of drug-likeness (QED) is 0.462. The van der Waals surface area contributed by atoms with Gasteiger partial charge < -0.3 is 4.74 Å². The number of hydrogen-bond donors (Lipinski definition) is 0. The molecule has 5 aliphatic rings. The van der Waals surface area contributed by atoms with Crippen LogP contribution in [0.2, 0.25) is 0 Å². The third-order valence-corrected chi connectivity index (χ3v) is 10.4. The van der Waals surface area contributed by atoms with E-state index in [1.165, 1.54) is 56.9 Å². The lowest BCUT2D eigenvalue weighted by molar-refractivity contribution is -0.160. The Morgan fingerprint density at radius 3 is 2.55 bits per heavy atom. The molecule has 4 heteroatoms. The Morgan fingerprint density at radius 1 is 1.00 bits per heavy atom. The topological polar surface area (TPSA) is 43.4 Å². The van der Waals surface area contributed by atoms with Crippen LogP contribution in [0.1, 0.15) is 104 Å². The number of esters is 1. The number of ether oxygens (including phenoxy) is 1. The van der Waals surface area contributed by atoms with Crippen LogP contribution in [0.4, 0.5) is 0 Å². The Hall–Kier alpha value is -0.770. The van der Waals surface area contributed by atoms with Crippen molar-refractivity contribution in [3.8, 4) is 0 Å². The molecule has 0 saturated heterocycles. The van der Waals surface area contributed by atoms with E-state index in [2.05, 4.69) is 13.8 Å². The SMILES string of the molecule is C[C@]12CC[C@H]3[C@@H](CCC4=CC(=O)CC[C@@]43C)[C@@H]1CC[C@@H]2OC(=O)CCC1CCCC1.S. The molecular formula is C27H42O3S. The highest BCUT2D eigenvalue weighted by Gasteiger charge is 2.59. The van der Waals surface area contributed by atoms with Crippen molar-refractivity contribution in [2.75, 3.05) is 0 Å². The molecule has 0 N–H and O–H groups in total. The summed E-state index contributed by atoms with van der Waals surface area (Å²) in [7, 11) is 0. The van der Waals surface area contributed by atoms with Crippen molar-refractivity contribution in [3.05, 3.63) is 11.6 Å². The lowest BCUT2D eigenvalue weighted by Crippen LogP contribution is -2.51. The van der Waals surface area contributed by atoms with E-state index in [1.54, 1.807) is 0 Å². The second kappa shape index (κ2) is 8.88. The smallest absolute Gasteiger partial charge is 0.306 e. The van der Waals surface area contributed by atoms with Crippen LogP contribution in [0, 0.1) is 34.5 Å². The number of rotatable bonds is 4. The molecule has 31 heavy (non-hydrogen) atoms. The van der Waals surface area contributed by atoms with Gasteiger partial charge >= 0.3 is 5.97 Å². The Morgan fingerprint density at radius 2 is 1.77 bits per heavy atom. The largest absolute Gasteiger partial charge is 0.462 e. The molecule has 4 saturated carbocycles. The molecular weight excluding hydrogens is 404 g/mol. The Bertz CT molecular complexity index is 739. The first kappa shape index (κ1) is 23.4. The third kappa shape index (κ3) is 4.04. The summed E-state index contributed by atoms with van der Waals surface area (Å²) in [6.45, 7) is 4.87.